The zero-order valence-electron chi connectivity index (χ0n) is 11.1. The van der Waals surface area contributed by atoms with Gasteiger partial charge in [-0.15, -0.1) is 0 Å². The van der Waals surface area contributed by atoms with E-state index in [1.807, 2.05) is 6.92 Å². The molecular weight excluding hydrogens is 258 g/mol. The molecule has 0 radical (unpaired) electrons. The maximum absolute atomic E-state index is 5.79. The second kappa shape index (κ2) is 6.54. The van der Waals surface area contributed by atoms with Crippen molar-refractivity contribution in [1.82, 2.24) is 9.97 Å². The molecular formula is C14H17N3OS. The minimum Gasteiger partial charge on any atom is -0.384 e. The number of nitrogens with two attached hydrogens (primary N) is 1. The number of benzene rings is 1. The standard InChI is InChI=1S/C14H17N3OS/c1-3-18-9-13-16-12(15)8-14(17-13)19-11-6-4-10(2)5-7-11/h4-8H,3,9H2,1-2H3,(H2,15,16,17). The summed E-state index contributed by atoms with van der Waals surface area (Å²) in [7, 11) is 0. The van der Waals surface area contributed by atoms with Gasteiger partial charge in [-0.25, -0.2) is 9.97 Å². The van der Waals surface area contributed by atoms with Gasteiger partial charge in [0.2, 0.25) is 0 Å². The fourth-order valence-electron chi connectivity index (χ4n) is 1.53. The highest BCUT2D eigenvalue weighted by molar-refractivity contribution is 7.99. The van der Waals surface area contributed by atoms with Gasteiger partial charge in [-0.3, -0.25) is 0 Å². The zero-order valence-corrected chi connectivity index (χ0v) is 11.9. The Kier molecular flexibility index (Phi) is 4.76. The summed E-state index contributed by atoms with van der Waals surface area (Å²) in [6, 6.07) is 10.1. The van der Waals surface area contributed by atoms with Crippen LogP contribution >= 0.6 is 11.8 Å². The fraction of sp³-hybridized carbons (Fsp3) is 0.286. The molecule has 5 heteroatoms. The molecule has 0 unspecified atom stereocenters. The van der Waals surface area contributed by atoms with E-state index >= 15 is 0 Å². The Morgan fingerprint density at radius 1 is 1.21 bits per heavy atom. The lowest BCUT2D eigenvalue weighted by atomic mass is 10.2. The molecule has 1 aromatic heterocycles. The number of hydrogen-bond donors (Lipinski definition) is 1. The average molecular weight is 275 g/mol. The topological polar surface area (TPSA) is 61.0 Å². The van der Waals surface area contributed by atoms with Crippen molar-refractivity contribution in [2.24, 2.45) is 0 Å². The predicted molar refractivity (Wildman–Crippen MR) is 77.1 cm³/mol. The summed E-state index contributed by atoms with van der Waals surface area (Å²) in [5, 5.41) is 0.839. The van der Waals surface area contributed by atoms with Crippen molar-refractivity contribution in [1.29, 1.82) is 0 Å². The molecule has 0 aliphatic carbocycles. The summed E-state index contributed by atoms with van der Waals surface area (Å²) in [5.74, 6) is 1.09. The van der Waals surface area contributed by atoms with Gasteiger partial charge in [-0.2, -0.15) is 0 Å². The van der Waals surface area contributed by atoms with Gasteiger partial charge < -0.3 is 10.5 Å². The number of aryl methyl sites for hydroxylation is 1. The molecule has 2 aromatic rings. The second-order valence-electron chi connectivity index (χ2n) is 4.10. The second-order valence-corrected chi connectivity index (χ2v) is 5.19. The van der Waals surface area contributed by atoms with Crippen LogP contribution in [0.4, 0.5) is 5.82 Å². The van der Waals surface area contributed by atoms with Crippen LogP contribution in [0.3, 0.4) is 0 Å². The van der Waals surface area contributed by atoms with Crippen molar-refractivity contribution in [3.05, 3.63) is 41.7 Å². The summed E-state index contributed by atoms with van der Waals surface area (Å²) in [6.45, 7) is 5.03. The molecule has 0 aliphatic rings. The van der Waals surface area contributed by atoms with Crippen LogP contribution in [0.2, 0.25) is 0 Å². The highest BCUT2D eigenvalue weighted by atomic mass is 32.2. The van der Waals surface area contributed by atoms with E-state index in [-0.39, 0.29) is 0 Å². The molecule has 1 heterocycles. The van der Waals surface area contributed by atoms with Crippen molar-refractivity contribution in [2.45, 2.75) is 30.4 Å². The van der Waals surface area contributed by atoms with E-state index in [0.29, 0.717) is 24.9 Å². The number of anilines is 1. The van der Waals surface area contributed by atoms with Crippen molar-refractivity contribution < 1.29 is 4.74 Å². The van der Waals surface area contributed by atoms with Crippen LogP contribution in [0.25, 0.3) is 0 Å². The first-order valence-corrected chi connectivity index (χ1v) is 6.94. The molecule has 0 fully saturated rings. The third kappa shape index (κ3) is 4.22. The van der Waals surface area contributed by atoms with Crippen molar-refractivity contribution in [3.63, 3.8) is 0 Å². The Labute approximate surface area is 117 Å². The molecule has 0 saturated carbocycles. The molecule has 19 heavy (non-hydrogen) atoms. The molecule has 0 amide bonds. The first-order chi connectivity index (χ1) is 9.17. The molecule has 0 aliphatic heterocycles. The zero-order chi connectivity index (χ0) is 13.7. The van der Waals surface area contributed by atoms with E-state index in [4.69, 9.17) is 10.5 Å². The molecule has 0 spiro atoms. The summed E-state index contributed by atoms with van der Waals surface area (Å²) < 4.78 is 5.31. The van der Waals surface area contributed by atoms with Gasteiger partial charge in [0.1, 0.15) is 17.5 Å². The van der Waals surface area contributed by atoms with Crippen LogP contribution in [-0.4, -0.2) is 16.6 Å². The SMILES string of the molecule is CCOCc1nc(N)cc(Sc2ccc(C)cc2)n1. The minimum absolute atomic E-state index is 0.392. The minimum atomic E-state index is 0.392. The molecule has 0 atom stereocenters. The fourth-order valence-corrected chi connectivity index (χ4v) is 2.37. The number of rotatable bonds is 5. The normalized spacial score (nSPS) is 10.6. The molecule has 4 nitrogen and oxygen atoms in total. The Hall–Kier alpha value is -1.59. The molecule has 100 valence electrons. The number of hydrogen-bond acceptors (Lipinski definition) is 5. The smallest absolute Gasteiger partial charge is 0.157 e. The lowest BCUT2D eigenvalue weighted by Gasteiger charge is -2.06. The van der Waals surface area contributed by atoms with E-state index in [1.54, 1.807) is 17.8 Å². The Morgan fingerprint density at radius 2 is 1.95 bits per heavy atom. The van der Waals surface area contributed by atoms with Crippen molar-refractivity contribution in [2.75, 3.05) is 12.3 Å². The van der Waals surface area contributed by atoms with Gasteiger partial charge in [-0.05, 0) is 26.0 Å². The molecule has 2 N–H and O–H groups in total. The molecule has 0 bridgehead atoms. The van der Waals surface area contributed by atoms with Gasteiger partial charge in [0.05, 0.1) is 0 Å². The van der Waals surface area contributed by atoms with E-state index in [2.05, 4.69) is 41.2 Å². The third-order valence-corrected chi connectivity index (χ3v) is 3.37. The summed E-state index contributed by atoms with van der Waals surface area (Å²) in [4.78, 5) is 9.72. The highest BCUT2D eigenvalue weighted by Crippen LogP contribution is 2.27. The monoisotopic (exact) mass is 275 g/mol. The van der Waals surface area contributed by atoms with Gasteiger partial charge in [0.15, 0.2) is 5.82 Å². The van der Waals surface area contributed by atoms with Gasteiger partial charge >= 0.3 is 0 Å². The van der Waals surface area contributed by atoms with Crippen molar-refractivity contribution in [3.8, 4) is 0 Å². The average Bonchev–Trinajstić information content (AvgIpc) is 2.38. The number of ether oxygens (including phenoxy) is 1. The van der Waals surface area contributed by atoms with Crippen molar-refractivity contribution >= 4 is 17.6 Å². The lowest BCUT2D eigenvalue weighted by molar-refractivity contribution is 0.128. The van der Waals surface area contributed by atoms with Gasteiger partial charge in [0, 0.05) is 17.6 Å². The van der Waals surface area contributed by atoms with E-state index in [0.717, 1.165) is 9.92 Å². The number of nitrogen functional groups attached to an aromatic ring is 1. The van der Waals surface area contributed by atoms with E-state index in [9.17, 15) is 0 Å². The molecule has 2 rings (SSSR count). The first-order valence-electron chi connectivity index (χ1n) is 6.13. The summed E-state index contributed by atoms with van der Waals surface area (Å²) >= 11 is 1.57. The summed E-state index contributed by atoms with van der Waals surface area (Å²) in [5.41, 5.74) is 7.03. The Morgan fingerprint density at radius 3 is 2.63 bits per heavy atom. The quantitative estimate of drug-likeness (QED) is 0.850. The predicted octanol–water partition coefficient (Wildman–Crippen LogP) is 3.05. The number of aromatic nitrogens is 2. The van der Waals surface area contributed by atoms with Crippen LogP contribution in [0, 0.1) is 6.92 Å². The lowest BCUT2D eigenvalue weighted by Crippen LogP contribution is -2.03. The third-order valence-electron chi connectivity index (χ3n) is 2.45. The molecule has 1 aromatic carbocycles. The van der Waals surface area contributed by atoms with Crippen LogP contribution in [0.1, 0.15) is 18.3 Å². The van der Waals surface area contributed by atoms with Gasteiger partial charge in [0.25, 0.3) is 0 Å². The van der Waals surface area contributed by atoms with Crippen LogP contribution < -0.4 is 5.73 Å². The van der Waals surface area contributed by atoms with Gasteiger partial charge in [-0.1, -0.05) is 29.5 Å². The van der Waals surface area contributed by atoms with E-state index < -0.39 is 0 Å². The highest BCUT2D eigenvalue weighted by Gasteiger charge is 2.05. The maximum atomic E-state index is 5.79. The number of nitrogens with zero attached hydrogens (tertiary/aromatic N) is 2. The Balaban J connectivity index is 2.15. The van der Waals surface area contributed by atoms with Crippen LogP contribution in [-0.2, 0) is 11.3 Å². The largest absolute Gasteiger partial charge is 0.384 e. The molecule has 0 saturated heterocycles. The van der Waals surface area contributed by atoms with E-state index in [1.165, 1.54) is 5.56 Å². The van der Waals surface area contributed by atoms with Crippen LogP contribution in [0.15, 0.2) is 40.3 Å². The van der Waals surface area contributed by atoms with Crippen LogP contribution in [0.5, 0.6) is 0 Å². The maximum Gasteiger partial charge on any atom is 0.157 e. The first kappa shape index (κ1) is 13.8. The summed E-state index contributed by atoms with van der Waals surface area (Å²) in [6.07, 6.45) is 0. The Bertz CT molecular complexity index is 543.